The molecule has 5 heteroatoms. The number of methoxy groups -OCH3 is 1. The van der Waals surface area contributed by atoms with Crippen molar-refractivity contribution in [1.82, 2.24) is 15.1 Å². The van der Waals surface area contributed by atoms with Gasteiger partial charge in [-0.1, -0.05) is 25.1 Å². The molecular weight excluding hydrogens is 282 g/mol. The van der Waals surface area contributed by atoms with Gasteiger partial charge >= 0.3 is 0 Å². The lowest BCUT2D eigenvalue weighted by Gasteiger charge is -2.19. The van der Waals surface area contributed by atoms with Gasteiger partial charge in [0.15, 0.2) is 5.75 Å². The van der Waals surface area contributed by atoms with Crippen molar-refractivity contribution in [2.75, 3.05) is 19.4 Å². The van der Waals surface area contributed by atoms with Crippen LogP contribution in [-0.2, 0) is 7.05 Å². The van der Waals surface area contributed by atoms with E-state index in [-0.39, 0.29) is 6.04 Å². The lowest BCUT2D eigenvalue weighted by molar-refractivity contribution is 0.399. The first-order chi connectivity index (χ1) is 10.2. The Bertz CT molecular complexity index is 583. The minimum Gasteiger partial charge on any atom is -0.493 e. The lowest BCUT2D eigenvalue weighted by atomic mass is 10.2. The van der Waals surface area contributed by atoms with Crippen LogP contribution >= 0.6 is 11.8 Å². The average molecular weight is 305 g/mol. The highest BCUT2D eigenvalue weighted by Crippen LogP contribution is 2.30. The van der Waals surface area contributed by atoms with Crippen LogP contribution in [0.5, 0.6) is 5.75 Å². The van der Waals surface area contributed by atoms with Crippen LogP contribution < -0.4 is 10.1 Å². The first-order valence-corrected chi connectivity index (χ1v) is 8.13. The van der Waals surface area contributed by atoms with Crippen molar-refractivity contribution < 1.29 is 4.74 Å². The van der Waals surface area contributed by atoms with Gasteiger partial charge in [-0.25, -0.2) is 0 Å². The van der Waals surface area contributed by atoms with Gasteiger partial charge in [0, 0.05) is 17.7 Å². The topological polar surface area (TPSA) is 39.1 Å². The molecule has 0 fully saturated rings. The van der Waals surface area contributed by atoms with E-state index in [9.17, 15) is 0 Å². The van der Waals surface area contributed by atoms with Gasteiger partial charge in [-0.15, -0.1) is 11.8 Å². The summed E-state index contributed by atoms with van der Waals surface area (Å²) in [6.45, 7) is 5.18. The number of nitrogens with one attached hydrogen (secondary N) is 1. The van der Waals surface area contributed by atoms with Crippen LogP contribution in [0.3, 0.4) is 0 Å². The number of nitrogens with zero attached hydrogens (tertiary/aromatic N) is 2. The molecule has 0 radical (unpaired) electrons. The summed E-state index contributed by atoms with van der Waals surface area (Å²) < 4.78 is 7.33. The largest absolute Gasteiger partial charge is 0.493 e. The van der Waals surface area contributed by atoms with Crippen molar-refractivity contribution in [3.63, 3.8) is 0 Å². The maximum Gasteiger partial charge on any atom is 0.161 e. The number of hydrogen-bond acceptors (Lipinski definition) is 4. The second-order valence-electron chi connectivity index (χ2n) is 4.91. The van der Waals surface area contributed by atoms with E-state index in [0.717, 1.165) is 23.7 Å². The van der Waals surface area contributed by atoms with Crippen molar-refractivity contribution >= 4 is 11.8 Å². The molecule has 114 valence electrons. The number of hydrogen-bond donors (Lipinski definition) is 1. The number of ether oxygens (including phenoxy) is 1. The Labute approximate surface area is 130 Å². The Morgan fingerprint density at radius 2 is 2.14 bits per heavy atom. The molecule has 0 bridgehead atoms. The summed E-state index contributed by atoms with van der Waals surface area (Å²) in [5.41, 5.74) is 2.41. The molecule has 1 aromatic heterocycles. The molecule has 2 aromatic rings. The van der Waals surface area contributed by atoms with Crippen LogP contribution in [0.25, 0.3) is 0 Å². The molecule has 0 saturated heterocycles. The molecule has 0 aliphatic rings. The minimum absolute atomic E-state index is 0.210. The standard InChI is InChI=1S/C16H23N3OS/c1-5-17-13(16-14(20-4)10-18-19(16)3)11-21-15-9-7-6-8-12(15)2/h6-10,13,17H,5,11H2,1-4H3. The number of rotatable bonds is 7. The maximum absolute atomic E-state index is 5.44. The smallest absolute Gasteiger partial charge is 0.161 e. The van der Waals surface area contributed by atoms with Crippen LogP contribution in [-0.4, -0.2) is 29.2 Å². The SMILES string of the molecule is CCNC(CSc1ccccc1C)c1c(OC)cnn1C. The molecule has 21 heavy (non-hydrogen) atoms. The molecule has 0 aliphatic carbocycles. The normalized spacial score (nSPS) is 12.4. The lowest BCUT2D eigenvalue weighted by Crippen LogP contribution is -2.25. The summed E-state index contributed by atoms with van der Waals surface area (Å²) in [4.78, 5) is 1.32. The summed E-state index contributed by atoms with van der Waals surface area (Å²) in [5.74, 6) is 1.78. The zero-order valence-electron chi connectivity index (χ0n) is 13.1. The molecule has 0 saturated carbocycles. The van der Waals surface area contributed by atoms with Crippen LogP contribution in [0.4, 0.5) is 0 Å². The zero-order chi connectivity index (χ0) is 15.2. The van der Waals surface area contributed by atoms with Crippen molar-refractivity contribution in [1.29, 1.82) is 0 Å². The summed E-state index contributed by atoms with van der Waals surface area (Å²) in [5, 5.41) is 7.83. The maximum atomic E-state index is 5.44. The van der Waals surface area contributed by atoms with E-state index in [4.69, 9.17) is 4.74 Å². The molecule has 4 nitrogen and oxygen atoms in total. The molecule has 1 unspecified atom stereocenters. The van der Waals surface area contributed by atoms with Gasteiger partial charge in [0.25, 0.3) is 0 Å². The van der Waals surface area contributed by atoms with Crippen LogP contribution in [0.15, 0.2) is 35.4 Å². The van der Waals surface area contributed by atoms with E-state index in [0.29, 0.717) is 0 Å². The first kappa shape index (κ1) is 15.9. The summed E-state index contributed by atoms with van der Waals surface area (Å²) in [7, 11) is 3.65. The van der Waals surface area contributed by atoms with Crippen molar-refractivity contribution in [3.8, 4) is 5.75 Å². The third-order valence-corrected chi connectivity index (χ3v) is 4.72. The molecule has 1 N–H and O–H groups in total. The first-order valence-electron chi connectivity index (χ1n) is 7.15. The molecular formula is C16H23N3OS. The van der Waals surface area contributed by atoms with Gasteiger partial charge in [-0.2, -0.15) is 5.10 Å². The number of thioether (sulfide) groups is 1. The van der Waals surface area contributed by atoms with Crippen LogP contribution in [0.2, 0.25) is 0 Å². The molecule has 0 spiro atoms. The predicted molar refractivity (Wildman–Crippen MR) is 88.1 cm³/mol. The van der Waals surface area contributed by atoms with Gasteiger partial charge in [0.2, 0.25) is 0 Å². The third kappa shape index (κ3) is 3.80. The molecule has 1 heterocycles. The minimum atomic E-state index is 0.210. The second-order valence-corrected chi connectivity index (χ2v) is 5.97. The highest BCUT2D eigenvalue weighted by atomic mass is 32.2. The quantitative estimate of drug-likeness (QED) is 0.798. The number of benzene rings is 1. The van der Waals surface area contributed by atoms with Gasteiger partial charge in [0.1, 0.15) is 0 Å². The Hall–Kier alpha value is -1.46. The van der Waals surface area contributed by atoms with E-state index in [1.165, 1.54) is 10.5 Å². The summed E-state index contributed by atoms with van der Waals surface area (Å²) >= 11 is 1.86. The van der Waals surface area contributed by atoms with E-state index in [2.05, 4.69) is 48.5 Å². The molecule has 0 aliphatic heterocycles. The van der Waals surface area contributed by atoms with Crippen molar-refractivity contribution in [2.24, 2.45) is 7.05 Å². The van der Waals surface area contributed by atoms with Crippen molar-refractivity contribution in [2.45, 2.75) is 24.8 Å². The Balaban J connectivity index is 2.16. The van der Waals surface area contributed by atoms with Gasteiger partial charge in [-0.3, -0.25) is 4.68 Å². The molecule has 2 rings (SSSR count). The number of aromatic nitrogens is 2. The van der Waals surface area contributed by atoms with Gasteiger partial charge in [-0.05, 0) is 25.1 Å². The fraction of sp³-hybridized carbons (Fsp3) is 0.438. The van der Waals surface area contributed by atoms with Gasteiger partial charge < -0.3 is 10.1 Å². The van der Waals surface area contributed by atoms with Crippen molar-refractivity contribution in [3.05, 3.63) is 41.7 Å². The third-order valence-electron chi connectivity index (χ3n) is 3.45. The highest BCUT2D eigenvalue weighted by Gasteiger charge is 2.20. The highest BCUT2D eigenvalue weighted by molar-refractivity contribution is 7.99. The molecule has 0 amide bonds. The predicted octanol–water partition coefficient (Wildman–Crippen LogP) is 3.18. The van der Waals surface area contributed by atoms with E-state index >= 15 is 0 Å². The van der Waals surface area contributed by atoms with Crippen LogP contribution in [0, 0.1) is 6.92 Å². The van der Waals surface area contributed by atoms with E-state index in [1.54, 1.807) is 13.3 Å². The monoisotopic (exact) mass is 305 g/mol. The Kier molecular flexibility index (Phi) is 5.70. The molecule has 1 atom stereocenters. The fourth-order valence-electron chi connectivity index (χ4n) is 2.35. The van der Waals surface area contributed by atoms with E-state index in [1.807, 2.05) is 23.5 Å². The zero-order valence-corrected chi connectivity index (χ0v) is 13.9. The number of aryl methyl sites for hydroxylation is 2. The fourth-order valence-corrected chi connectivity index (χ4v) is 3.45. The van der Waals surface area contributed by atoms with Crippen LogP contribution in [0.1, 0.15) is 24.2 Å². The summed E-state index contributed by atoms with van der Waals surface area (Å²) in [6, 6.07) is 8.69. The Morgan fingerprint density at radius 3 is 2.81 bits per heavy atom. The molecule has 1 aromatic carbocycles. The second kappa shape index (κ2) is 7.52. The summed E-state index contributed by atoms with van der Waals surface area (Å²) in [6.07, 6.45) is 1.78. The Morgan fingerprint density at radius 1 is 1.38 bits per heavy atom. The van der Waals surface area contributed by atoms with Gasteiger partial charge in [0.05, 0.1) is 25.0 Å². The van der Waals surface area contributed by atoms with E-state index < -0.39 is 0 Å². The average Bonchev–Trinajstić information content (AvgIpc) is 2.86.